The molecule has 8 nitrogen and oxygen atoms in total. The van der Waals surface area contributed by atoms with Crippen LogP contribution < -0.4 is 0 Å². The fraction of sp³-hybridized carbons (Fsp3) is 0.950. The number of phosphoric acid groups is 1. The standard InChI is InChI=1S/C20H41O8P/c1-6-11-13-17(8-3)15-24-27-29(23,26-19(10-5)20(21)22)28-25-16-18(9-4)14-12-7-2/h17-19H,6-16H2,1-5H3,(H,21,22). The highest BCUT2D eigenvalue weighted by Gasteiger charge is 2.37. The van der Waals surface area contributed by atoms with E-state index in [-0.39, 0.29) is 31.5 Å². The van der Waals surface area contributed by atoms with Crippen LogP contribution in [0.2, 0.25) is 0 Å². The molecule has 0 bridgehead atoms. The van der Waals surface area contributed by atoms with Gasteiger partial charge in [0.25, 0.3) is 0 Å². The number of carboxylic acids is 1. The van der Waals surface area contributed by atoms with Gasteiger partial charge in [0.05, 0.1) is 13.2 Å². The molecule has 29 heavy (non-hydrogen) atoms. The lowest BCUT2D eigenvalue weighted by Crippen LogP contribution is -2.23. The van der Waals surface area contributed by atoms with Crippen LogP contribution in [0, 0.1) is 11.8 Å². The summed E-state index contributed by atoms with van der Waals surface area (Å²) in [6.07, 6.45) is 6.69. The van der Waals surface area contributed by atoms with Crippen LogP contribution in [0.4, 0.5) is 0 Å². The Morgan fingerprint density at radius 3 is 1.59 bits per heavy atom. The van der Waals surface area contributed by atoms with Gasteiger partial charge in [-0.25, -0.2) is 19.1 Å². The van der Waals surface area contributed by atoms with E-state index >= 15 is 0 Å². The maximum Gasteiger partial charge on any atom is 0.530 e. The van der Waals surface area contributed by atoms with Gasteiger partial charge in [0.15, 0.2) is 6.10 Å². The third-order valence-corrected chi connectivity index (χ3v) is 5.97. The molecule has 0 heterocycles. The lowest BCUT2D eigenvalue weighted by Gasteiger charge is -2.21. The van der Waals surface area contributed by atoms with Crippen molar-refractivity contribution in [2.45, 2.75) is 98.5 Å². The van der Waals surface area contributed by atoms with Gasteiger partial charge in [-0.05, 0) is 31.1 Å². The third-order valence-electron chi connectivity index (χ3n) is 4.88. The van der Waals surface area contributed by atoms with Crippen LogP contribution in [0.25, 0.3) is 0 Å². The predicted octanol–water partition coefficient (Wildman–Crippen LogP) is 6.30. The average molecular weight is 441 g/mol. The second-order valence-electron chi connectivity index (χ2n) is 7.34. The molecule has 0 aromatic carbocycles. The molecule has 0 saturated heterocycles. The normalized spacial score (nSPS) is 16.9. The van der Waals surface area contributed by atoms with Gasteiger partial charge < -0.3 is 5.11 Å². The predicted molar refractivity (Wildman–Crippen MR) is 111 cm³/mol. The van der Waals surface area contributed by atoms with Crippen molar-refractivity contribution >= 4 is 13.8 Å². The number of carboxylic acid groups (broad SMARTS) is 1. The second-order valence-corrected chi connectivity index (χ2v) is 8.74. The first-order valence-corrected chi connectivity index (χ1v) is 12.4. The van der Waals surface area contributed by atoms with Crippen molar-refractivity contribution in [3.05, 3.63) is 0 Å². The average Bonchev–Trinajstić information content (AvgIpc) is 2.71. The minimum Gasteiger partial charge on any atom is -0.479 e. The minimum absolute atomic E-state index is 0.0915. The fourth-order valence-corrected chi connectivity index (χ4v) is 3.70. The van der Waals surface area contributed by atoms with Gasteiger partial charge in [-0.3, -0.25) is 4.52 Å². The van der Waals surface area contributed by atoms with E-state index in [1.165, 1.54) is 0 Å². The summed E-state index contributed by atoms with van der Waals surface area (Å²) in [6.45, 7) is 10.3. The van der Waals surface area contributed by atoms with Gasteiger partial charge in [0.1, 0.15) is 0 Å². The topological polar surface area (TPSA) is 101 Å². The quantitative estimate of drug-likeness (QED) is 0.134. The highest BCUT2D eigenvalue weighted by atomic mass is 31.2. The molecule has 9 heteroatoms. The molecule has 0 fully saturated rings. The van der Waals surface area contributed by atoms with Gasteiger partial charge in [-0.15, -0.1) is 9.35 Å². The second kappa shape index (κ2) is 17.2. The molecule has 0 aliphatic carbocycles. The van der Waals surface area contributed by atoms with Crippen LogP contribution in [-0.4, -0.2) is 30.4 Å². The Kier molecular flexibility index (Phi) is 16.9. The molecule has 0 saturated carbocycles. The van der Waals surface area contributed by atoms with E-state index in [2.05, 4.69) is 13.8 Å². The van der Waals surface area contributed by atoms with Crippen molar-refractivity contribution in [2.75, 3.05) is 13.2 Å². The smallest absolute Gasteiger partial charge is 0.479 e. The lowest BCUT2D eigenvalue weighted by atomic mass is 10.0. The van der Waals surface area contributed by atoms with Gasteiger partial charge in [-0.1, -0.05) is 73.1 Å². The summed E-state index contributed by atoms with van der Waals surface area (Å²) in [5.74, 6) is -0.780. The van der Waals surface area contributed by atoms with Gasteiger partial charge in [0, 0.05) is 0 Å². The zero-order chi connectivity index (χ0) is 22.1. The highest BCUT2D eigenvalue weighted by Crippen LogP contribution is 2.51. The molecule has 0 rings (SSSR count). The number of hydrogen-bond donors (Lipinski definition) is 1. The summed E-state index contributed by atoms with van der Waals surface area (Å²) in [6, 6.07) is 0. The van der Waals surface area contributed by atoms with Gasteiger partial charge in [0.2, 0.25) is 0 Å². The molecule has 0 radical (unpaired) electrons. The molecular weight excluding hydrogens is 399 g/mol. The fourth-order valence-electron chi connectivity index (χ4n) is 2.68. The first kappa shape index (κ1) is 28.5. The summed E-state index contributed by atoms with van der Waals surface area (Å²) < 4.78 is 27.9. The maximum atomic E-state index is 12.9. The maximum absolute atomic E-state index is 12.9. The Bertz CT molecular complexity index is 434. The summed E-state index contributed by atoms with van der Waals surface area (Å²) >= 11 is 0. The monoisotopic (exact) mass is 440 g/mol. The van der Waals surface area contributed by atoms with E-state index in [1.807, 2.05) is 13.8 Å². The van der Waals surface area contributed by atoms with Crippen LogP contribution in [0.3, 0.4) is 0 Å². The highest BCUT2D eigenvalue weighted by molar-refractivity contribution is 7.48. The van der Waals surface area contributed by atoms with Crippen molar-refractivity contribution in [3.63, 3.8) is 0 Å². The molecule has 0 aromatic rings. The van der Waals surface area contributed by atoms with Crippen LogP contribution >= 0.6 is 7.82 Å². The lowest BCUT2D eigenvalue weighted by molar-refractivity contribution is -0.291. The Hall–Kier alpha value is -0.500. The van der Waals surface area contributed by atoms with Crippen LogP contribution in [0.1, 0.15) is 92.4 Å². The van der Waals surface area contributed by atoms with E-state index in [1.54, 1.807) is 6.92 Å². The van der Waals surface area contributed by atoms with Gasteiger partial charge >= 0.3 is 13.8 Å². The number of aliphatic carboxylic acids is 1. The van der Waals surface area contributed by atoms with Crippen molar-refractivity contribution in [2.24, 2.45) is 11.8 Å². The van der Waals surface area contributed by atoms with E-state index < -0.39 is 19.9 Å². The van der Waals surface area contributed by atoms with E-state index in [9.17, 15) is 14.5 Å². The van der Waals surface area contributed by atoms with Crippen LogP contribution in [0.15, 0.2) is 0 Å². The molecule has 0 aliphatic heterocycles. The molecule has 1 N–H and O–H groups in total. The zero-order valence-electron chi connectivity index (χ0n) is 18.8. The van der Waals surface area contributed by atoms with E-state index in [0.29, 0.717) is 0 Å². The molecule has 0 aliphatic rings. The van der Waals surface area contributed by atoms with E-state index in [4.69, 9.17) is 23.6 Å². The van der Waals surface area contributed by atoms with Crippen molar-refractivity contribution in [1.82, 2.24) is 0 Å². The summed E-state index contributed by atoms with van der Waals surface area (Å²) in [5, 5.41) is 9.20. The zero-order valence-corrected chi connectivity index (χ0v) is 19.7. The number of unbranched alkanes of at least 4 members (excludes halogenated alkanes) is 2. The van der Waals surface area contributed by atoms with Crippen LogP contribution in [0.5, 0.6) is 0 Å². The largest absolute Gasteiger partial charge is 0.530 e. The Morgan fingerprint density at radius 2 is 1.28 bits per heavy atom. The molecule has 3 unspecified atom stereocenters. The first-order chi connectivity index (χ1) is 13.9. The number of carbonyl (C=O) groups is 1. The van der Waals surface area contributed by atoms with E-state index in [0.717, 1.165) is 51.4 Å². The number of hydrogen-bond acceptors (Lipinski definition) is 7. The molecule has 3 atom stereocenters. The molecule has 0 amide bonds. The minimum atomic E-state index is -4.36. The first-order valence-electron chi connectivity index (χ1n) is 11.0. The van der Waals surface area contributed by atoms with Crippen molar-refractivity contribution in [1.29, 1.82) is 0 Å². The molecule has 174 valence electrons. The Balaban J connectivity index is 4.83. The summed E-state index contributed by atoms with van der Waals surface area (Å²) in [4.78, 5) is 21.5. The molecule has 0 aromatic heterocycles. The number of rotatable bonds is 20. The van der Waals surface area contributed by atoms with Crippen molar-refractivity contribution in [3.8, 4) is 0 Å². The summed E-state index contributed by atoms with van der Waals surface area (Å²) in [5.41, 5.74) is 0. The Morgan fingerprint density at radius 1 is 0.828 bits per heavy atom. The van der Waals surface area contributed by atoms with Crippen molar-refractivity contribution < 1.29 is 38.1 Å². The molecule has 0 spiro atoms. The van der Waals surface area contributed by atoms with Gasteiger partial charge in [-0.2, -0.15) is 0 Å². The molecular formula is C20H41O8P. The summed E-state index contributed by atoms with van der Waals surface area (Å²) in [7, 11) is -4.36. The van der Waals surface area contributed by atoms with Crippen LogP contribution in [-0.2, 0) is 33.0 Å². The SMILES string of the molecule is CCCCC(CC)COOP(=O)(OOCC(CC)CCCC)OC(CC)C(=O)O. The Labute approximate surface area is 176 Å². The third kappa shape index (κ3) is 13.4.